The van der Waals surface area contributed by atoms with E-state index in [4.69, 9.17) is 4.52 Å². The lowest BCUT2D eigenvalue weighted by atomic mass is 10.3. The van der Waals surface area contributed by atoms with Crippen LogP contribution in [0.1, 0.15) is 5.76 Å². The minimum Gasteiger partial charge on any atom is -0.360 e. The third-order valence-electron chi connectivity index (χ3n) is 3.29. The first-order valence-corrected chi connectivity index (χ1v) is 9.09. The molecule has 1 aromatic carbocycles. The van der Waals surface area contributed by atoms with Crippen LogP contribution in [0.4, 0.5) is 15.9 Å². The van der Waals surface area contributed by atoms with E-state index in [-0.39, 0.29) is 29.9 Å². The first-order valence-electron chi connectivity index (χ1n) is 7.94. The smallest absolute Gasteiger partial charge is 0.243 e. The van der Waals surface area contributed by atoms with Gasteiger partial charge in [0.25, 0.3) is 0 Å². The number of halogens is 1. The lowest BCUT2D eigenvalue weighted by molar-refractivity contribution is -0.131. The largest absolute Gasteiger partial charge is 0.360 e. The standard InChI is InChI=1S/C17H19FN4O4S/c1-11-7-14(21-26-11)20-16(24)9-27-10-17(25)22(2)8-15(23)19-13-5-3-12(18)4-6-13/h3-7H,8-10H2,1-2H3,(H,19,23)(H,20,21,24). The number of aryl methyl sites for hydroxylation is 1. The second-order valence-corrected chi connectivity index (χ2v) is 6.65. The maximum absolute atomic E-state index is 12.8. The molecule has 3 amide bonds. The van der Waals surface area contributed by atoms with Crippen molar-refractivity contribution in [1.29, 1.82) is 0 Å². The van der Waals surface area contributed by atoms with Crippen LogP contribution in [0.25, 0.3) is 0 Å². The molecular formula is C17H19FN4O4S. The van der Waals surface area contributed by atoms with E-state index in [0.717, 1.165) is 11.8 Å². The van der Waals surface area contributed by atoms with Gasteiger partial charge in [-0.05, 0) is 31.2 Å². The normalized spacial score (nSPS) is 10.3. The first-order chi connectivity index (χ1) is 12.8. The van der Waals surface area contributed by atoms with Gasteiger partial charge in [0.2, 0.25) is 17.7 Å². The van der Waals surface area contributed by atoms with Crippen LogP contribution < -0.4 is 10.6 Å². The van der Waals surface area contributed by atoms with Crippen molar-refractivity contribution >= 4 is 41.0 Å². The molecular weight excluding hydrogens is 375 g/mol. The number of rotatable bonds is 8. The molecule has 2 N–H and O–H groups in total. The number of hydrogen-bond donors (Lipinski definition) is 2. The Kier molecular flexibility index (Phi) is 7.35. The zero-order valence-corrected chi connectivity index (χ0v) is 15.6. The Morgan fingerprint density at radius 3 is 2.48 bits per heavy atom. The van der Waals surface area contributed by atoms with E-state index >= 15 is 0 Å². The van der Waals surface area contributed by atoms with E-state index in [1.165, 1.54) is 36.2 Å². The number of thioether (sulfide) groups is 1. The fraction of sp³-hybridized carbons (Fsp3) is 0.294. The quantitative estimate of drug-likeness (QED) is 0.709. The second kappa shape index (κ2) is 9.72. The van der Waals surface area contributed by atoms with E-state index in [1.54, 1.807) is 13.0 Å². The lowest BCUT2D eigenvalue weighted by Gasteiger charge is -2.16. The van der Waals surface area contributed by atoms with Crippen molar-refractivity contribution in [1.82, 2.24) is 10.1 Å². The molecule has 0 radical (unpaired) electrons. The average Bonchev–Trinajstić information content (AvgIpc) is 3.01. The van der Waals surface area contributed by atoms with Crippen LogP contribution in [0.5, 0.6) is 0 Å². The van der Waals surface area contributed by atoms with Gasteiger partial charge in [0.15, 0.2) is 5.82 Å². The van der Waals surface area contributed by atoms with Gasteiger partial charge >= 0.3 is 0 Å². The molecule has 0 atom stereocenters. The maximum Gasteiger partial charge on any atom is 0.243 e. The molecule has 2 rings (SSSR count). The fourth-order valence-electron chi connectivity index (χ4n) is 1.98. The molecule has 0 spiro atoms. The molecule has 144 valence electrons. The molecule has 0 aliphatic carbocycles. The Hall–Kier alpha value is -2.88. The Labute approximate surface area is 159 Å². The predicted octanol–water partition coefficient (Wildman–Crippen LogP) is 1.89. The summed E-state index contributed by atoms with van der Waals surface area (Å²) in [6, 6.07) is 6.90. The molecule has 2 aromatic rings. The summed E-state index contributed by atoms with van der Waals surface area (Å²) in [5.41, 5.74) is 0.441. The summed E-state index contributed by atoms with van der Waals surface area (Å²) in [5.74, 6) is -0.398. The molecule has 27 heavy (non-hydrogen) atoms. The van der Waals surface area contributed by atoms with Crippen LogP contribution in [0.2, 0.25) is 0 Å². The number of likely N-dealkylation sites (N-methyl/N-ethyl adjacent to an activating group) is 1. The van der Waals surface area contributed by atoms with E-state index in [9.17, 15) is 18.8 Å². The van der Waals surface area contributed by atoms with Crippen molar-refractivity contribution in [3.63, 3.8) is 0 Å². The van der Waals surface area contributed by atoms with Crippen LogP contribution in [0, 0.1) is 12.7 Å². The van der Waals surface area contributed by atoms with Gasteiger partial charge < -0.3 is 20.1 Å². The summed E-state index contributed by atoms with van der Waals surface area (Å²) in [4.78, 5) is 37.0. The monoisotopic (exact) mass is 394 g/mol. The summed E-state index contributed by atoms with van der Waals surface area (Å²) in [6.45, 7) is 1.55. The van der Waals surface area contributed by atoms with Crippen molar-refractivity contribution in [3.05, 3.63) is 41.9 Å². The number of anilines is 2. The zero-order valence-electron chi connectivity index (χ0n) is 14.8. The number of carbonyl (C=O) groups excluding carboxylic acids is 3. The molecule has 0 aliphatic rings. The van der Waals surface area contributed by atoms with Crippen LogP contribution in [0.15, 0.2) is 34.9 Å². The number of aromatic nitrogens is 1. The van der Waals surface area contributed by atoms with Gasteiger partial charge in [-0.15, -0.1) is 11.8 Å². The van der Waals surface area contributed by atoms with E-state index < -0.39 is 11.7 Å². The third kappa shape index (κ3) is 7.10. The summed E-state index contributed by atoms with van der Waals surface area (Å²) < 4.78 is 17.7. The molecule has 8 nitrogen and oxygen atoms in total. The van der Waals surface area contributed by atoms with Crippen molar-refractivity contribution < 1.29 is 23.3 Å². The molecule has 0 aliphatic heterocycles. The van der Waals surface area contributed by atoms with Crippen molar-refractivity contribution in [2.45, 2.75) is 6.92 Å². The van der Waals surface area contributed by atoms with Gasteiger partial charge in [0, 0.05) is 18.8 Å². The predicted molar refractivity (Wildman–Crippen MR) is 99.9 cm³/mol. The molecule has 0 unspecified atom stereocenters. The molecule has 1 heterocycles. The van der Waals surface area contributed by atoms with Crippen LogP contribution in [-0.2, 0) is 14.4 Å². The highest BCUT2D eigenvalue weighted by Crippen LogP contribution is 2.10. The molecule has 0 bridgehead atoms. The minimum absolute atomic E-state index is 0.0472. The summed E-state index contributed by atoms with van der Waals surface area (Å²) in [7, 11) is 1.49. The highest BCUT2D eigenvalue weighted by molar-refractivity contribution is 8.00. The van der Waals surface area contributed by atoms with Crippen LogP contribution in [0.3, 0.4) is 0 Å². The zero-order chi connectivity index (χ0) is 19.8. The van der Waals surface area contributed by atoms with Crippen molar-refractivity contribution in [2.24, 2.45) is 0 Å². The average molecular weight is 394 g/mol. The molecule has 0 fully saturated rings. The summed E-state index contributed by atoms with van der Waals surface area (Å²) in [5, 5.41) is 8.76. The number of amides is 3. The molecule has 0 saturated heterocycles. The number of benzene rings is 1. The van der Waals surface area contributed by atoms with E-state index in [1.807, 2.05) is 0 Å². The number of nitrogens with one attached hydrogen (secondary N) is 2. The van der Waals surface area contributed by atoms with Crippen LogP contribution in [-0.4, -0.2) is 52.9 Å². The van der Waals surface area contributed by atoms with Gasteiger partial charge in [0.1, 0.15) is 11.6 Å². The number of hydrogen-bond acceptors (Lipinski definition) is 6. The summed E-state index contributed by atoms with van der Waals surface area (Å²) >= 11 is 1.12. The van der Waals surface area contributed by atoms with Crippen LogP contribution >= 0.6 is 11.8 Å². The number of carbonyl (C=O) groups is 3. The Morgan fingerprint density at radius 2 is 1.85 bits per heavy atom. The Morgan fingerprint density at radius 1 is 1.15 bits per heavy atom. The molecule has 1 aromatic heterocycles. The fourth-order valence-corrected chi connectivity index (χ4v) is 2.74. The van der Waals surface area contributed by atoms with Gasteiger partial charge in [-0.1, -0.05) is 5.16 Å². The first kappa shape index (κ1) is 20.4. The van der Waals surface area contributed by atoms with Gasteiger partial charge in [-0.3, -0.25) is 14.4 Å². The highest BCUT2D eigenvalue weighted by atomic mass is 32.2. The molecule has 10 heteroatoms. The third-order valence-corrected chi connectivity index (χ3v) is 4.21. The van der Waals surface area contributed by atoms with Gasteiger partial charge in [-0.2, -0.15) is 0 Å². The number of nitrogens with zero attached hydrogens (tertiary/aromatic N) is 2. The van der Waals surface area contributed by atoms with Crippen molar-refractivity contribution in [2.75, 3.05) is 35.7 Å². The van der Waals surface area contributed by atoms with Gasteiger partial charge in [-0.25, -0.2) is 4.39 Å². The minimum atomic E-state index is -0.403. The maximum atomic E-state index is 12.8. The van der Waals surface area contributed by atoms with Gasteiger partial charge in [0.05, 0.1) is 18.1 Å². The SMILES string of the molecule is Cc1cc(NC(=O)CSCC(=O)N(C)CC(=O)Nc2ccc(F)cc2)no1. The lowest BCUT2D eigenvalue weighted by Crippen LogP contribution is -2.36. The second-order valence-electron chi connectivity index (χ2n) is 5.67. The highest BCUT2D eigenvalue weighted by Gasteiger charge is 2.14. The Bertz CT molecular complexity index is 810. The van der Waals surface area contributed by atoms with E-state index in [2.05, 4.69) is 15.8 Å². The molecule has 0 saturated carbocycles. The Balaban J connectivity index is 1.67. The van der Waals surface area contributed by atoms with E-state index in [0.29, 0.717) is 17.3 Å². The van der Waals surface area contributed by atoms with Crippen molar-refractivity contribution in [3.8, 4) is 0 Å². The topological polar surface area (TPSA) is 105 Å². The summed E-state index contributed by atoms with van der Waals surface area (Å²) in [6.07, 6.45) is 0.